The number of likely N-dealkylation sites (tertiary alicyclic amines) is 1. The predicted octanol–water partition coefficient (Wildman–Crippen LogP) is 3.12. The van der Waals surface area contributed by atoms with E-state index in [1.807, 2.05) is 35.2 Å². The van der Waals surface area contributed by atoms with Crippen LogP contribution in [0.25, 0.3) is 0 Å². The molecule has 0 unspecified atom stereocenters. The maximum Gasteiger partial charge on any atom is 0.260 e. The van der Waals surface area contributed by atoms with Gasteiger partial charge in [0.05, 0.1) is 4.90 Å². The number of rotatable bonds is 7. The average molecular weight is 403 g/mol. The van der Waals surface area contributed by atoms with Gasteiger partial charge in [0.1, 0.15) is 5.75 Å². The quantitative estimate of drug-likeness (QED) is 0.772. The standard InChI is InChI=1S/C21H26N2O4S/c1-17(18-8-4-2-5-9-18)22-28(25,26)20-12-10-19(11-13-20)27-16-21(24)23-14-6-3-7-15-23/h2,4-5,8-13,17,22H,3,6-7,14-16H2,1H3/t17-/m1/s1. The van der Waals surface area contributed by atoms with Crippen LogP contribution in [0.4, 0.5) is 0 Å². The molecular formula is C21H26N2O4S. The Kier molecular flexibility index (Phi) is 6.70. The number of hydrogen-bond acceptors (Lipinski definition) is 4. The molecule has 1 atom stereocenters. The number of sulfonamides is 1. The third-order valence-corrected chi connectivity index (χ3v) is 6.39. The highest BCUT2D eigenvalue weighted by atomic mass is 32.2. The molecule has 1 fully saturated rings. The fraction of sp³-hybridized carbons (Fsp3) is 0.381. The van der Waals surface area contributed by atoms with Crippen molar-refractivity contribution in [2.75, 3.05) is 19.7 Å². The summed E-state index contributed by atoms with van der Waals surface area (Å²) in [5.74, 6) is 0.440. The topological polar surface area (TPSA) is 75.7 Å². The van der Waals surface area contributed by atoms with Gasteiger partial charge in [0.2, 0.25) is 10.0 Å². The van der Waals surface area contributed by atoms with Crippen LogP contribution in [-0.2, 0) is 14.8 Å². The van der Waals surface area contributed by atoms with Crippen LogP contribution in [0.2, 0.25) is 0 Å². The van der Waals surface area contributed by atoms with Gasteiger partial charge >= 0.3 is 0 Å². The van der Waals surface area contributed by atoms with E-state index in [0.29, 0.717) is 5.75 Å². The summed E-state index contributed by atoms with van der Waals surface area (Å²) in [6, 6.07) is 15.2. The van der Waals surface area contributed by atoms with Crippen LogP contribution in [0.3, 0.4) is 0 Å². The lowest BCUT2D eigenvalue weighted by molar-refractivity contribution is -0.134. The van der Waals surface area contributed by atoms with Crippen LogP contribution in [0.5, 0.6) is 5.75 Å². The first-order valence-electron chi connectivity index (χ1n) is 9.53. The molecule has 2 aromatic carbocycles. The number of carbonyl (C=O) groups excluding carboxylic acids is 1. The van der Waals surface area contributed by atoms with Crippen LogP contribution >= 0.6 is 0 Å². The minimum Gasteiger partial charge on any atom is -0.484 e. The number of ether oxygens (including phenoxy) is 1. The maximum atomic E-state index is 12.6. The van der Waals surface area contributed by atoms with Crippen molar-refractivity contribution >= 4 is 15.9 Å². The second kappa shape index (κ2) is 9.21. The van der Waals surface area contributed by atoms with Crippen LogP contribution < -0.4 is 9.46 Å². The molecular weight excluding hydrogens is 376 g/mol. The van der Waals surface area contributed by atoms with Crippen LogP contribution in [0.1, 0.15) is 37.8 Å². The molecule has 0 radical (unpaired) electrons. The number of nitrogens with one attached hydrogen (secondary N) is 1. The number of benzene rings is 2. The molecule has 3 rings (SSSR count). The van der Waals surface area contributed by atoms with Gasteiger partial charge in [-0.25, -0.2) is 13.1 Å². The van der Waals surface area contributed by atoms with Crippen molar-refractivity contribution < 1.29 is 17.9 Å². The molecule has 0 bridgehead atoms. The van der Waals surface area contributed by atoms with E-state index in [1.54, 1.807) is 19.1 Å². The first kappa shape index (κ1) is 20.4. The molecule has 1 amide bonds. The molecule has 1 N–H and O–H groups in total. The molecule has 0 spiro atoms. The molecule has 7 heteroatoms. The van der Waals surface area contributed by atoms with E-state index in [4.69, 9.17) is 4.74 Å². The highest BCUT2D eigenvalue weighted by Gasteiger charge is 2.19. The first-order chi connectivity index (χ1) is 13.5. The van der Waals surface area contributed by atoms with Gasteiger partial charge in [0.15, 0.2) is 6.61 Å². The van der Waals surface area contributed by atoms with E-state index in [-0.39, 0.29) is 23.5 Å². The van der Waals surface area contributed by atoms with Gasteiger partial charge in [-0.15, -0.1) is 0 Å². The Balaban J connectivity index is 1.57. The normalized spacial score (nSPS) is 15.8. The molecule has 0 saturated carbocycles. The molecule has 0 aromatic heterocycles. The van der Waals surface area contributed by atoms with Crippen LogP contribution in [0.15, 0.2) is 59.5 Å². The molecule has 0 aliphatic carbocycles. The van der Waals surface area contributed by atoms with Crippen molar-refractivity contribution in [3.63, 3.8) is 0 Å². The second-order valence-electron chi connectivity index (χ2n) is 6.96. The van der Waals surface area contributed by atoms with Gasteiger partial charge in [0, 0.05) is 19.1 Å². The summed E-state index contributed by atoms with van der Waals surface area (Å²) in [6.07, 6.45) is 3.23. The molecule has 1 heterocycles. The Morgan fingerprint density at radius 3 is 2.32 bits per heavy atom. The molecule has 6 nitrogen and oxygen atoms in total. The van der Waals surface area contributed by atoms with Gasteiger partial charge in [-0.1, -0.05) is 30.3 Å². The summed E-state index contributed by atoms with van der Waals surface area (Å²) in [6.45, 7) is 3.33. The van der Waals surface area contributed by atoms with Gasteiger partial charge in [0.25, 0.3) is 5.91 Å². The predicted molar refractivity (Wildman–Crippen MR) is 108 cm³/mol. The van der Waals surface area contributed by atoms with Crippen molar-refractivity contribution in [2.45, 2.75) is 37.1 Å². The summed E-state index contributed by atoms with van der Waals surface area (Å²) in [4.78, 5) is 14.1. The lowest BCUT2D eigenvalue weighted by Gasteiger charge is -2.26. The summed E-state index contributed by atoms with van der Waals surface area (Å²) in [5.41, 5.74) is 0.891. The summed E-state index contributed by atoms with van der Waals surface area (Å²) < 4.78 is 33.4. The first-order valence-corrected chi connectivity index (χ1v) is 11.0. The second-order valence-corrected chi connectivity index (χ2v) is 8.67. The monoisotopic (exact) mass is 402 g/mol. The summed E-state index contributed by atoms with van der Waals surface area (Å²) >= 11 is 0. The summed E-state index contributed by atoms with van der Waals surface area (Å²) in [7, 11) is -3.65. The lowest BCUT2D eigenvalue weighted by Crippen LogP contribution is -2.38. The van der Waals surface area contributed by atoms with E-state index in [9.17, 15) is 13.2 Å². The smallest absolute Gasteiger partial charge is 0.260 e. The number of carbonyl (C=O) groups is 1. The largest absolute Gasteiger partial charge is 0.484 e. The zero-order valence-corrected chi connectivity index (χ0v) is 16.8. The van der Waals surface area contributed by atoms with Gasteiger partial charge in [-0.05, 0) is 56.0 Å². The minimum atomic E-state index is -3.65. The highest BCUT2D eigenvalue weighted by Crippen LogP contribution is 2.20. The average Bonchev–Trinajstić information content (AvgIpc) is 2.73. The number of amides is 1. The van der Waals surface area contributed by atoms with Crippen LogP contribution in [0, 0.1) is 0 Å². The maximum absolute atomic E-state index is 12.6. The zero-order valence-electron chi connectivity index (χ0n) is 16.0. The lowest BCUT2D eigenvalue weighted by atomic mass is 10.1. The molecule has 1 aliphatic heterocycles. The molecule has 2 aromatic rings. The van der Waals surface area contributed by atoms with Crippen molar-refractivity contribution in [3.05, 3.63) is 60.2 Å². The minimum absolute atomic E-state index is 0.0324. The van der Waals surface area contributed by atoms with Gasteiger partial charge < -0.3 is 9.64 Å². The number of piperidine rings is 1. The third-order valence-electron chi connectivity index (χ3n) is 4.84. The third kappa shape index (κ3) is 5.33. The van der Waals surface area contributed by atoms with E-state index < -0.39 is 10.0 Å². The Morgan fingerprint density at radius 1 is 1.04 bits per heavy atom. The van der Waals surface area contributed by atoms with E-state index in [0.717, 1.165) is 37.9 Å². The van der Waals surface area contributed by atoms with Crippen molar-refractivity contribution in [3.8, 4) is 5.75 Å². The highest BCUT2D eigenvalue weighted by molar-refractivity contribution is 7.89. The fourth-order valence-corrected chi connectivity index (χ4v) is 4.44. The Hall–Kier alpha value is -2.38. The molecule has 1 aliphatic rings. The van der Waals surface area contributed by atoms with E-state index in [1.165, 1.54) is 12.1 Å². The SMILES string of the molecule is C[C@@H](NS(=O)(=O)c1ccc(OCC(=O)N2CCCCC2)cc1)c1ccccc1. The van der Waals surface area contributed by atoms with Crippen molar-refractivity contribution in [2.24, 2.45) is 0 Å². The van der Waals surface area contributed by atoms with E-state index >= 15 is 0 Å². The van der Waals surface area contributed by atoms with Crippen molar-refractivity contribution in [1.82, 2.24) is 9.62 Å². The van der Waals surface area contributed by atoms with Gasteiger partial charge in [-0.2, -0.15) is 0 Å². The number of hydrogen-bond donors (Lipinski definition) is 1. The van der Waals surface area contributed by atoms with E-state index in [2.05, 4.69) is 4.72 Å². The Morgan fingerprint density at radius 2 is 1.68 bits per heavy atom. The number of nitrogens with zero attached hydrogens (tertiary/aromatic N) is 1. The van der Waals surface area contributed by atoms with Crippen LogP contribution in [-0.4, -0.2) is 38.9 Å². The molecule has 28 heavy (non-hydrogen) atoms. The summed E-state index contributed by atoms with van der Waals surface area (Å²) in [5, 5.41) is 0. The Labute approximate surface area is 166 Å². The zero-order chi connectivity index (χ0) is 20.0. The molecule has 1 saturated heterocycles. The Bertz CT molecular complexity index is 876. The van der Waals surface area contributed by atoms with Gasteiger partial charge in [-0.3, -0.25) is 4.79 Å². The molecule has 150 valence electrons. The van der Waals surface area contributed by atoms with Crippen molar-refractivity contribution in [1.29, 1.82) is 0 Å². The fourth-order valence-electron chi connectivity index (χ4n) is 3.21.